The van der Waals surface area contributed by atoms with Crippen molar-refractivity contribution in [3.63, 3.8) is 0 Å². The van der Waals surface area contributed by atoms with Crippen molar-refractivity contribution >= 4 is 5.91 Å². The highest BCUT2D eigenvalue weighted by atomic mass is 16.5. The molecule has 1 aromatic carbocycles. The van der Waals surface area contributed by atoms with Crippen molar-refractivity contribution in [2.75, 3.05) is 6.61 Å². The van der Waals surface area contributed by atoms with Crippen molar-refractivity contribution in [2.24, 2.45) is 5.73 Å². The molecule has 0 spiro atoms. The number of rotatable bonds is 5. The molecule has 0 aliphatic heterocycles. The Labute approximate surface area is 127 Å². The van der Waals surface area contributed by atoms with Crippen LogP contribution in [0.1, 0.15) is 50.5 Å². The maximum absolute atomic E-state index is 11.9. The van der Waals surface area contributed by atoms with Gasteiger partial charge in [0, 0.05) is 12.6 Å². The predicted molar refractivity (Wildman–Crippen MR) is 84.1 cm³/mol. The van der Waals surface area contributed by atoms with Gasteiger partial charge in [-0.3, -0.25) is 4.79 Å². The Morgan fingerprint density at radius 3 is 2.33 bits per heavy atom. The molecule has 1 aromatic rings. The zero-order valence-corrected chi connectivity index (χ0v) is 12.6. The van der Waals surface area contributed by atoms with Crippen molar-refractivity contribution in [1.82, 2.24) is 5.32 Å². The Balaban J connectivity index is 1.72. The summed E-state index contributed by atoms with van der Waals surface area (Å²) in [6.07, 6.45) is 8.53. The van der Waals surface area contributed by atoms with E-state index in [4.69, 9.17) is 10.5 Å². The van der Waals surface area contributed by atoms with Crippen LogP contribution in [-0.4, -0.2) is 18.6 Å². The Morgan fingerprint density at radius 1 is 1.10 bits per heavy atom. The molecule has 0 radical (unpaired) electrons. The molecule has 21 heavy (non-hydrogen) atoms. The van der Waals surface area contributed by atoms with Crippen LogP contribution >= 0.6 is 0 Å². The van der Waals surface area contributed by atoms with Gasteiger partial charge < -0.3 is 15.8 Å². The highest BCUT2D eigenvalue weighted by Crippen LogP contribution is 2.17. The lowest BCUT2D eigenvalue weighted by atomic mass is 9.97. The molecular weight excluding hydrogens is 264 g/mol. The quantitative estimate of drug-likeness (QED) is 0.876. The van der Waals surface area contributed by atoms with Gasteiger partial charge in [0.05, 0.1) is 0 Å². The van der Waals surface area contributed by atoms with Crippen LogP contribution in [0.3, 0.4) is 0 Å². The minimum atomic E-state index is -0.0246. The monoisotopic (exact) mass is 290 g/mol. The van der Waals surface area contributed by atoms with Crippen LogP contribution in [0.5, 0.6) is 5.75 Å². The second kappa shape index (κ2) is 8.67. The maximum Gasteiger partial charge on any atom is 0.258 e. The third-order valence-corrected chi connectivity index (χ3v) is 4.00. The van der Waals surface area contributed by atoms with E-state index >= 15 is 0 Å². The highest BCUT2D eigenvalue weighted by Gasteiger charge is 2.14. The minimum absolute atomic E-state index is 0.0246. The summed E-state index contributed by atoms with van der Waals surface area (Å²) in [6.45, 7) is 0.598. The summed E-state index contributed by atoms with van der Waals surface area (Å²) in [5, 5.41) is 3.10. The summed E-state index contributed by atoms with van der Waals surface area (Å²) in [4.78, 5) is 11.9. The summed E-state index contributed by atoms with van der Waals surface area (Å²) in [7, 11) is 0. The van der Waals surface area contributed by atoms with Crippen molar-refractivity contribution in [3.8, 4) is 5.75 Å². The number of carbonyl (C=O) groups excluding carboxylic acids is 1. The Kier molecular flexibility index (Phi) is 6.54. The summed E-state index contributed by atoms with van der Waals surface area (Å²) < 4.78 is 5.51. The molecule has 0 unspecified atom stereocenters. The highest BCUT2D eigenvalue weighted by molar-refractivity contribution is 5.77. The molecular formula is C17H26N2O2. The van der Waals surface area contributed by atoms with E-state index in [9.17, 15) is 4.79 Å². The Bertz CT molecular complexity index is 423. The molecule has 4 heteroatoms. The predicted octanol–water partition coefficient (Wildman–Crippen LogP) is 2.75. The van der Waals surface area contributed by atoms with Crippen molar-refractivity contribution in [1.29, 1.82) is 0 Å². The minimum Gasteiger partial charge on any atom is -0.484 e. The lowest BCUT2D eigenvalue weighted by Gasteiger charge is -2.21. The fourth-order valence-corrected chi connectivity index (χ4v) is 2.74. The Morgan fingerprint density at radius 2 is 1.71 bits per heavy atom. The molecule has 4 nitrogen and oxygen atoms in total. The van der Waals surface area contributed by atoms with Crippen LogP contribution in [0.15, 0.2) is 24.3 Å². The first-order valence-corrected chi connectivity index (χ1v) is 7.99. The molecule has 1 aliphatic rings. The van der Waals surface area contributed by atoms with Gasteiger partial charge in [0.15, 0.2) is 6.61 Å². The van der Waals surface area contributed by atoms with Gasteiger partial charge in [-0.25, -0.2) is 0 Å². The molecule has 0 bridgehead atoms. The van der Waals surface area contributed by atoms with Gasteiger partial charge in [0.2, 0.25) is 0 Å². The van der Waals surface area contributed by atoms with E-state index in [0.717, 1.165) is 18.4 Å². The van der Waals surface area contributed by atoms with E-state index in [0.29, 0.717) is 18.3 Å². The standard InChI is InChI=1S/C17H26N2O2/c18-12-14-8-10-16(11-9-14)21-13-17(20)19-15-6-4-2-1-3-5-7-15/h8-11,15H,1-7,12-13,18H2,(H,19,20). The second-order valence-corrected chi connectivity index (χ2v) is 5.75. The molecule has 2 rings (SSSR count). The maximum atomic E-state index is 11.9. The summed E-state index contributed by atoms with van der Waals surface area (Å²) in [5.74, 6) is 0.684. The third-order valence-electron chi connectivity index (χ3n) is 4.00. The topological polar surface area (TPSA) is 64.3 Å². The number of hydrogen-bond donors (Lipinski definition) is 2. The molecule has 1 amide bonds. The molecule has 1 fully saturated rings. The number of carbonyl (C=O) groups is 1. The molecule has 1 saturated carbocycles. The fraction of sp³-hybridized carbons (Fsp3) is 0.588. The van der Waals surface area contributed by atoms with E-state index in [1.54, 1.807) is 0 Å². The van der Waals surface area contributed by atoms with Crippen molar-refractivity contribution < 1.29 is 9.53 Å². The number of amides is 1. The van der Waals surface area contributed by atoms with E-state index in [-0.39, 0.29) is 12.5 Å². The van der Waals surface area contributed by atoms with Crippen LogP contribution in [0, 0.1) is 0 Å². The molecule has 3 N–H and O–H groups in total. The lowest BCUT2D eigenvalue weighted by Crippen LogP contribution is -2.38. The van der Waals surface area contributed by atoms with E-state index < -0.39 is 0 Å². The van der Waals surface area contributed by atoms with Gasteiger partial charge in [0.25, 0.3) is 5.91 Å². The van der Waals surface area contributed by atoms with Gasteiger partial charge in [-0.2, -0.15) is 0 Å². The van der Waals surface area contributed by atoms with E-state index in [1.165, 1.54) is 32.1 Å². The van der Waals surface area contributed by atoms with Gasteiger partial charge in [-0.05, 0) is 30.5 Å². The zero-order valence-electron chi connectivity index (χ0n) is 12.6. The smallest absolute Gasteiger partial charge is 0.258 e. The van der Waals surface area contributed by atoms with Crippen LogP contribution in [-0.2, 0) is 11.3 Å². The molecule has 0 aromatic heterocycles. The molecule has 0 atom stereocenters. The summed E-state index contributed by atoms with van der Waals surface area (Å²) in [5.41, 5.74) is 6.60. The normalized spacial score (nSPS) is 16.8. The largest absolute Gasteiger partial charge is 0.484 e. The van der Waals surface area contributed by atoms with Gasteiger partial charge >= 0.3 is 0 Å². The summed E-state index contributed by atoms with van der Waals surface area (Å²) >= 11 is 0. The first-order valence-electron chi connectivity index (χ1n) is 7.99. The van der Waals surface area contributed by atoms with E-state index in [2.05, 4.69) is 5.32 Å². The number of benzene rings is 1. The third kappa shape index (κ3) is 5.76. The van der Waals surface area contributed by atoms with Crippen LogP contribution < -0.4 is 15.8 Å². The van der Waals surface area contributed by atoms with Gasteiger partial charge in [-0.15, -0.1) is 0 Å². The SMILES string of the molecule is NCc1ccc(OCC(=O)NC2CCCCCCC2)cc1. The molecule has 1 aliphatic carbocycles. The number of ether oxygens (including phenoxy) is 1. The van der Waals surface area contributed by atoms with Crippen molar-refractivity contribution in [2.45, 2.75) is 57.5 Å². The van der Waals surface area contributed by atoms with Crippen LogP contribution in [0.25, 0.3) is 0 Å². The van der Waals surface area contributed by atoms with Gasteiger partial charge in [-0.1, -0.05) is 44.2 Å². The first-order chi connectivity index (χ1) is 10.3. The van der Waals surface area contributed by atoms with E-state index in [1.807, 2.05) is 24.3 Å². The van der Waals surface area contributed by atoms with Crippen molar-refractivity contribution in [3.05, 3.63) is 29.8 Å². The number of nitrogens with two attached hydrogens (primary N) is 1. The molecule has 0 saturated heterocycles. The summed E-state index contributed by atoms with van der Waals surface area (Å²) in [6, 6.07) is 7.86. The second-order valence-electron chi connectivity index (χ2n) is 5.75. The average Bonchev–Trinajstić information content (AvgIpc) is 2.48. The fourth-order valence-electron chi connectivity index (χ4n) is 2.74. The molecule has 0 heterocycles. The van der Waals surface area contributed by atoms with Gasteiger partial charge in [0.1, 0.15) is 5.75 Å². The van der Waals surface area contributed by atoms with Crippen LogP contribution in [0.2, 0.25) is 0 Å². The Hall–Kier alpha value is -1.55. The average molecular weight is 290 g/mol. The molecule has 116 valence electrons. The number of nitrogens with one attached hydrogen (secondary N) is 1. The first kappa shape index (κ1) is 15.8. The lowest BCUT2D eigenvalue weighted by molar-refractivity contribution is -0.123. The zero-order chi connectivity index (χ0) is 14.9. The van der Waals surface area contributed by atoms with Crippen LogP contribution in [0.4, 0.5) is 0 Å². The number of hydrogen-bond acceptors (Lipinski definition) is 3.